The fraction of sp³-hybridized carbons (Fsp3) is 0.200. The molecule has 94 valence electrons. The third-order valence-corrected chi connectivity index (χ3v) is 4.32. The second-order valence-corrected chi connectivity index (χ2v) is 6.04. The third-order valence-electron chi connectivity index (χ3n) is 1.83. The summed E-state index contributed by atoms with van der Waals surface area (Å²) in [6.07, 6.45) is -0.767. The molecule has 17 heavy (non-hydrogen) atoms. The molecule has 1 rings (SSSR count). The van der Waals surface area contributed by atoms with Crippen molar-refractivity contribution >= 4 is 43.3 Å². The van der Waals surface area contributed by atoms with Crippen LogP contribution in [0, 0.1) is 0 Å². The van der Waals surface area contributed by atoms with E-state index in [0.29, 0.717) is 15.1 Å². The van der Waals surface area contributed by atoms with Gasteiger partial charge in [-0.05, 0) is 46.9 Å². The molecule has 0 saturated carbocycles. The van der Waals surface area contributed by atoms with Crippen molar-refractivity contribution in [2.24, 2.45) is 0 Å². The monoisotopic (exact) mass is 320 g/mol. The summed E-state index contributed by atoms with van der Waals surface area (Å²) < 4.78 is 19.6. The summed E-state index contributed by atoms with van der Waals surface area (Å²) >= 11 is 3.22. The Morgan fingerprint density at radius 2 is 2.29 bits per heavy atom. The minimum Gasteiger partial charge on any atom is -0.449 e. The summed E-state index contributed by atoms with van der Waals surface area (Å²) in [5.74, 6) is 3.50. The van der Waals surface area contributed by atoms with Crippen molar-refractivity contribution in [1.82, 2.24) is 4.72 Å². The summed E-state index contributed by atoms with van der Waals surface area (Å²) in [4.78, 5) is 11.6. The van der Waals surface area contributed by atoms with Crippen molar-refractivity contribution in [1.29, 1.82) is 0 Å². The topological polar surface area (TPSA) is 81.4 Å². The second-order valence-electron chi connectivity index (χ2n) is 3.19. The van der Waals surface area contributed by atoms with Crippen molar-refractivity contribution in [2.75, 3.05) is 12.3 Å². The van der Waals surface area contributed by atoms with Gasteiger partial charge in [-0.1, -0.05) is 0 Å². The number of nitrogens with one attached hydrogen (secondary N) is 1. The van der Waals surface area contributed by atoms with Gasteiger partial charge >= 0.3 is 6.09 Å². The number of carbonyl (C=O) groups is 1. The maximum Gasteiger partial charge on any atom is 0.418 e. The van der Waals surface area contributed by atoms with Crippen molar-refractivity contribution in [2.45, 2.75) is 11.8 Å². The summed E-state index contributed by atoms with van der Waals surface area (Å²) in [7, 11) is -2.96. The Morgan fingerprint density at radius 3 is 2.82 bits per heavy atom. The SMILES string of the molecule is C=S(=O)(NC(=O)OCC)c1ccc(N)cc1Br. The van der Waals surface area contributed by atoms with E-state index in [-0.39, 0.29) is 6.61 Å². The molecule has 0 bridgehead atoms. The van der Waals surface area contributed by atoms with Gasteiger partial charge in [0.15, 0.2) is 0 Å². The molecule has 0 radical (unpaired) electrons. The van der Waals surface area contributed by atoms with Crippen LogP contribution in [0.4, 0.5) is 10.5 Å². The highest BCUT2D eigenvalue weighted by atomic mass is 79.9. The number of rotatable bonds is 3. The molecule has 0 aliphatic rings. The standard InChI is InChI=1S/C10H13BrN2O3S/c1-3-16-10(14)13-17(2,15)9-5-4-7(12)6-8(9)11/h4-6H,2-3,12H2,1H3,(H,13,14,15). The predicted molar refractivity (Wildman–Crippen MR) is 72.2 cm³/mol. The zero-order valence-electron chi connectivity index (χ0n) is 9.23. The molecule has 1 unspecified atom stereocenters. The molecule has 0 fully saturated rings. The van der Waals surface area contributed by atoms with Gasteiger partial charge < -0.3 is 10.5 Å². The van der Waals surface area contributed by atoms with Gasteiger partial charge in [0, 0.05) is 10.2 Å². The van der Waals surface area contributed by atoms with Gasteiger partial charge in [-0.15, -0.1) is 0 Å². The van der Waals surface area contributed by atoms with Crippen LogP contribution >= 0.6 is 15.9 Å². The molecule has 7 heteroatoms. The number of nitrogen functional groups attached to an aromatic ring is 1. The maximum absolute atomic E-state index is 12.2. The van der Waals surface area contributed by atoms with Crippen LogP contribution < -0.4 is 10.5 Å². The molecule has 0 spiro atoms. The minimum atomic E-state index is -2.96. The van der Waals surface area contributed by atoms with E-state index < -0.39 is 15.8 Å². The first-order valence-electron chi connectivity index (χ1n) is 4.73. The molecule has 1 amide bonds. The molecule has 0 aliphatic carbocycles. The zero-order valence-corrected chi connectivity index (χ0v) is 11.6. The van der Waals surface area contributed by atoms with Crippen LogP contribution in [0.15, 0.2) is 27.6 Å². The highest BCUT2D eigenvalue weighted by molar-refractivity contribution is 9.10. The quantitative estimate of drug-likeness (QED) is 0.657. The fourth-order valence-electron chi connectivity index (χ4n) is 1.13. The van der Waals surface area contributed by atoms with Crippen molar-refractivity contribution in [3.8, 4) is 0 Å². The molecule has 0 saturated heterocycles. The highest BCUT2D eigenvalue weighted by Crippen LogP contribution is 2.24. The summed E-state index contributed by atoms with van der Waals surface area (Å²) in [6, 6.07) is 4.71. The van der Waals surface area contributed by atoms with Crippen LogP contribution in [-0.4, -0.2) is 22.8 Å². The van der Waals surface area contributed by atoms with Gasteiger partial charge in [0.1, 0.15) is 0 Å². The molecular formula is C10H13BrN2O3S. The molecule has 0 heterocycles. The normalized spacial score (nSPS) is 13.8. The Bertz CT molecular complexity index is 528. The maximum atomic E-state index is 12.2. The largest absolute Gasteiger partial charge is 0.449 e. The van der Waals surface area contributed by atoms with Crippen molar-refractivity contribution < 1.29 is 13.7 Å². The van der Waals surface area contributed by atoms with E-state index in [0.717, 1.165) is 0 Å². The number of anilines is 1. The van der Waals surface area contributed by atoms with E-state index in [1.54, 1.807) is 25.1 Å². The van der Waals surface area contributed by atoms with E-state index in [9.17, 15) is 9.00 Å². The Hall–Kier alpha value is -1.21. The lowest BCUT2D eigenvalue weighted by Crippen LogP contribution is -2.31. The molecule has 1 aromatic rings. The predicted octanol–water partition coefficient (Wildman–Crippen LogP) is 1.77. The van der Waals surface area contributed by atoms with Crippen LogP contribution in [-0.2, 0) is 14.4 Å². The summed E-state index contributed by atoms with van der Waals surface area (Å²) in [5, 5.41) is 0. The minimum absolute atomic E-state index is 0.199. The van der Waals surface area contributed by atoms with Gasteiger partial charge in [0.25, 0.3) is 0 Å². The molecule has 1 atom stereocenters. The first-order valence-corrected chi connectivity index (χ1v) is 7.25. The lowest BCUT2D eigenvalue weighted by Gasteiger charge is -2.13. The van der Waals surface area contributed by atoms with Crippen LogP contribution in [0.5, 0.6) is 0 Å². The number of nitrogens with two attached hydrogens (primary N) is 1. The Kier molecular flexibility index (Phi) is 4.41. The number of amides is 1. The average Bonchev–Trinajstić information content (AvgIpc) is 2.15. The highest BCUT2D eigenvalue weighted by Gasteiger charge is 2.15. The molecule has 5 nitrogen and oxygen atoms in total. The molecule has 1 aromatic carbocycles. The Labute approximate surface area is 109 Å². The first kappa shape index (κ1) is 13.9. The van der Waals surface area contributed by atoms with E-state index in [2.05, 4.69) is 31.3 Å². The van der Waals surface area contributed by atoms with Crippen molar-refractivity contribution in [3.05, 3.63) is 22.7 Å². The van der Waals surface area contributed by atoms with Crippen LogP contribution in [0.2, 0.25) is 0 Å². The second kappa shape index (κ2) is 5.42. The number of carbonyl (C=O) groups excluding carboxylic acids is 1. The Balaban J connectivity index is 3.01. The number of halogens is 1. The lowest BCUT2D eigenvalue weighted by molar-refractivity contribution is 0.159. The summed E-state index contributed by atoms with van der Waals surface area (Å²) in [6.45, 7) is 1.86. The van der Waals surface area contributed by atoms with Gasteiger partial charge in [-0.25, -0.2) is 13.7 Å². The van der Waals surface area contributed by atoms with Crippen molar-refractivity contribution in [3.63, 3.8) is 0 Å². The first-order chi connectivity index (χ1) is 7.86. The fourth-order valence-corrected chi connectivity index (χ4v) is 3.42. The smallest absolute Gasteiger partial charge is 0.418 e. The molecule has 3 N–H and O–H groups in total. The molecule has 0 aliphatic heterocycles. The number of hydrogen-bond acceptors (Lipinski definition) is 4. The number of benzene rings is 1. The van der Waals surface area contributed by atoms with Crippen LogP contribution in [0.3, 0.4) is 0 Å². The van der Waals surface area contributed by atoms with E-state index in [1.807, 2.05) is 0 Å². The zero-order chi connectivity index (χ0) is 13.1. The van der Waals surface area contributed by atoms with Gasteiger partial charge in [0.05, 0.1) is 21.2 Å². The van der Waals surface area contributed by atoms with Gasteiger partial charge in [0.2, 0.25) is 0 Å². The Morgan fingerprint density at radius 1 is 1.65 bits per heavy atom. The lowest BCUT2D eigenvalue weighted by atomic mass is 10.3. The average molecular weight is 321 g/mol. The van der Waals surface area contributed by atoms with E-state index in [4.69, 9.17) is 5.73 Å². The van der Waals surface area contributed by atoms with E-state index >= 15 is 0 Å². The summed E-state index contributed by atoms with van der Waals surface area (Å²) in [5.41, 5.74) is 6.08. The van der Waals surface area contributed by atoms with E-state index in [1.165, 1.54) is 0 Å². The van der Waals surface area contributed by atoms with Gasteiger partial charge in [-0.2, -0.15) is 0 Å². The van der Waals surface area contributed by atoms with Crippen LogP contribution in [0.25, 0.3) is 0 Å². The van der Waals surface area contributed by atoms with Gasteiger partial charge in [-0.3, -0.25) is 0 Å². The van der Waals surface area contributed by atoms with Crippen LogP contribution in [0.1, 0.15) is 6.92 Å². The third kappa shape index (κ3) is 3.64. The molecule has 0 aromatic heterocycles. The molecular weight excluding hydrogens is 308 g/mol. The number of hydrogen-bond donors (Lipinski definition) is 2. The number of ether oxygens (including phenoxy) is 1.